The van der Waals surface area contributed by atoms with Crippen LogP contribution >= 0.6 is 0 Å². The molecule has 58 heavy (non-hydrogen) atoms. The minimum atomic E-state index is 0.596. The Morgan fingerprint density at radius 3 is 1.78 bits per heavy atom. The Kier molecular flexibility index (Phi) is 9.34. The van der Waals surface area contributed by atoms with Crippen LogP contribution in [0.4, 0.5) is 0 Å². The average molecular weight is 754 g/mol. The Labute approximate surface area is 338 Å². The molecule has 5 heteroatoms. The third kappa shape index (κ3) is 6.62. The molecule has 5 nitrogen and oxygen atoms in total. The maximum atomic E-state index is 6.61. The molecule has 0 aliphatic heterocycles. The van der Waals surface area contributed by atoms with Crippen LogP contribution in [0, 0.1) is 0 Å². The van der Waals surface area contributed by atoms with Gasteiger partial charge in [-0.1, -0.05) is 148 Å². The van der Waals surface area contributed by atoms with Crippen molar-refractivity contribution in [2.45, 2.75) is 52.4 Å². The van der Waals surface area contributed by atoms with Crippen LogP contribution in [0.3, 0.4) is 0 Å². The Hall–Kier alpha value is -6.85. The van der Waals surface area contributed by atoms with Gasteiger partial charge in [0.1, 0.15) is 22.3 Å². The molecule has 10 aromatic rings. The molecule has 0 radical (unpaired) electrons. The third-order valence-electron chi connectivity index (χ3n) is 11.3. The highest BCUT2D eigenvalue weighted by Gasteiger charge is 2.20. The summed E-state index contributed by atoms with van der Waals surface area (Å²) < 4.78 is 13.1. The summed E-state index contributed by atoms with van der Waals surface area (Å²) >= 11 is 0. The number of hydrogen-bond acceptors (Lipinski definition) is 5. The smallest absolute Gasteiger partial charge is 0.164 e. The molecule has 10 rings (SSSR count). The van der Waals surface area contributed by atoms with Crippen molar-refractivity contribution in [2.24, 2.45) is 0 Å². The van der Waals surface area contributed by atoms with Crippen molar-refractivity contribution in [1.29, 1.82) is 0 Å². The second-order valence-corrected chi connectivity index (χ2v) is 15.3. The van der Waals surface area contributed by atoms with Crippen molar-refractivity contribution in [3.05, 3.63) is 163 Å². The van der Waals surface area contributed by atoms with Crippen LogP contribution in [-0.4, -0.2) is 15.0 Å². The first-order valence-corrected chi connectivity index (χ1v) is 20.5. The van der Waals surface area contributed by atoms with Crippen LogP contribution in [0.15, 0.2) is 160 Å². The molecule has 0 aliphatic rings. The summed E-state index contributed by atoms with van der Waals surface area (Å²) in [5.41, 5.74) is 13.3. The van der Waals surface area contributed by atoms with E-state index in [2.05, 4.69) is 123 Å². The molecule has 7 aromatic carbocycles. The summed E-state index contributed by atoms with van der Waals surface area (Å²) in [6, 6.07) is 53.1. The molecule has 0 N–H and O–H groups in total. The lowest BCUT2D eigenvalue weighted by Crippen LogP contribution is -2.00. The number of hydrogen-bond donors (Lipinski definition) is 0. The van der Waals surface area contributed by atoms with Crippen molar-refractivity contribution < 1.29 is 8.83 Å². The minimum absolute atomic E-state index is 0.596. The summed E-state index contributed by atoms with van der Waals surface area (Å²) in [4.78, 5) is 15.3. The molecular formula is C53H43N3O2. The van der Waals surface area contributed by atoms with Crippen molar-refractivity contribution in [3.8, 4) is 56.4 Å². The average Bonchev–Trinajstić information content (AvgIpc) is 3.86. The van der Waals surface area contributed by atoms with Gasteiger partial charge in [-0.05, 0) is 83.8 Å². The van der Waals surface area contributed by atoms with E-state index < -0.39 is 0 Å². The first-order chi connectivity index (χ1) is 28.6. The van der Waals surface area contributed by atoms with Crippen molar-refractivity contribution in [3.63, 3.8) is 0 Å². The predicted octanol–water partition coefficient (Wildman–Crippen LogP) is 14.7. The molecule has 0 aliphatic carbocycles. The van der Waals surface area contributed by atoms with E-state index >= 15 is 0 Å². The third-order valence-corrected chi connectivity index (χ3v) is 11.3. The molecular weight excluding hydrogens is 711 g/mol. The topological polar surface area (TPSA) is 65.0 Å². The second-order valence-electron chi connectivity index (χ2n) is 15.3. The molecule has 0 amide bonds. The van der Waals surface area contributed by atoms with Gasteiger partial charge in [0.25, 0.3) is 0 Å². The number of furan rings is 2. The van der Waals surface area contributed by atoms with Crippen molar-refractivity contribution in [1.82, 2.24) is 15.0 Å². The quantitative estimate of drug-likeness (QED) is 0.132. The van der Waals surface area contributed by atoms with Crippen LogP contribution in [0.25, 0.3) is 100 Å². The number of aromatic nitrogens is 3. The Morgan fingerprint density at radius 1 is 0.397 bits per heavy atom. The van der Waals surface area contributed by atoms with Gasteiger partial charge in [-0.3, -0.25) is 0 Å². The molecule has 0 fully saturated rings. The van der Waals surface area contributed by atoms with Gasteiger partial charge in [-0.2, -0.15) is 0 Å². The fraction of sp³-hybridized carbons (Fsp3) is 0.151. The number of nitrogens with zero attached hydrogens (tertiary/aromatic N) is 3. The number of unbranched alkanes of at least 4 members (excludes halogenated alkanes) is 2. The van der Waals surface area contributed by atoms with E-state index in [4.69, 9.17) is 23.8 Å². The summed E-state index contributed by atoms with van der Waals surface area (Å²) in [7, 11) is 0. The molecule has 0 atom stereocenters. The Balaban J connectivity index is 1.05. The van der Waals surface area contributed by atoms with E-state index in [1.54, 1.807) is 0 Å². The molecule has 3 aromatic heterocycles. The van der Waals surface area contributed by atoms with Crippen molar-refractivity contribution in [2.75, 3.05) is 0 Å². The molecule has 0 bridgehead atoms. The number of para-hydroxylation sites is 1. The van der Waals surface area contributed by atoms with Crippen LogP contribution in [0.2, 0.25) is 0 Å². The molecule has 0 spiro atoms. The summed E-state index contributed by atoms with van der Waals surface area (Å²) in [5, 5.41) is 4.26. The minimum Gasteiger partial charge on any atom is -0.456 e. The summed E-state index contributed by atoms with van der Waals surface area (Å²) in [5.74, 6) is 1.84. The summed E-state index contributed by atoms with van der Waals surface area (Å²) in [6.07, 6.45) is 6.95. The van der Waals surface area contributed by atoms with E-state index in [0.717, 1.165) is 90.1 Å². The van der Waals surface area contributed by atoms with E-state index in [-0.39, 0.29) is 0 Å². The number of fused-ring (bicyclic) bond motifs is 6. The van der Waals surface area contributed by atoms with Gasteiger partial charge in [0.15, 0.2) is 17.5 Å². The highest BCUT2D eigenvalue weighted by atomic mass is 16.3. The van der Waals surface area contributed by atoms with Gasteiger partial charge >= 0.3 is 0 Å². The first-order valence-electron chi connectivity index (χ1n) is 20.5. The molecule has 282 valence electrons. The van der Waals surface area contributed by atoms with Gasteiger partial charge in [-0.15, -0.1) is 0 Å². The van der Waals surface area contributed by atoms with Gasteiger partial charge in [0, 0.05) is 43.8 Å². The lowest BCUT2D eigenvalue weighted by Gasteiger charge is -2.10. The van der Waals surface area contributed by atoms with Gasteiger partial charge in [0.2, 0.25) is 0 Å². The lowest BCUT2D eigenvalue weighted by atomic mass is 9.99. The van der Waals surface area contributed by atoms with Gasteiger partial charge in [-0.25, -0.2) is 15.0 Å². The van der Waals surface area contributed by atoms with Crippen LogP contribution in [0.1, 0.15) is 50.7 Å². The normalized spacial score (nSPS) is 11.7. The van der Waals surface area contributed by atoms with Crippen LogP contribution in [-0.2, 0) is 12.8 Å². The van der Waals surface area contributed by atoms with E-state index in [9.17, 15) is 0 Å². The molecule has 0 saturated carbocycles. The zero-order valence-corrected chi connectivity index (χ0v) is 32.8. The number of benzene rings is 7. The van der Waals surface area contributed by atoms with Gasteiger partial charge < -0.3 is 8.83 Å². The van der Waals surface area contributed by atoms with Crippen LogP contribution in [0.5, 0.6) is 0 Å². The first kappa shape index (κ1) is 35.6. The number of aryl methyl sites for hydroxylation is 2. The van der Waals surface area contributed by atoms with E-state index in [0.29, 0.717) is 17.5 Å². The maximum Gasteiger partial charge on any atom is 0.164 e. The highest BCUT2D eigenvalue weighted by molar-refractivity contribution is 6.14. The van der Waals surface area contributed by atoms with E-state index in [1.807, 2.05) is 42.5 Å². The Bertz CT molecular complexity index is 3070. The predicted molar refractivity (Wildman–Crippen MR) is 239 cm³/mol. The fourth-order valence-corrected chi connectivity index (χ4v) is 8.19. The molecule has 3 heterocycles. The monoisotopic (exact) mass is 753 g/mol. The Morgan fingerprint density at radius 2 is 1.02 bits per heavy atom. The van der Waals surface area contributed by atoms with Crippen molar-refractivity contribution >= 4 is 43.9 Å². The second kappa shape index (κ2) is 15.2. The molecule has 0 unspecified atom stereocenters. The highest BCUT2D eigenvalue weighted by Crippen LogP contribution is 2.41. The van der Waals surface area contributed by atoms with Crippen LogP contribution < -0.4 is 0 Å². The summed E-state index contributed by atoms with van der Waals surface area (Å²) in [6.45, 7) is 4.47. The zero-order valence-electron chi connectivity index (χ0n) is 32.8. The van der Waals surface area contributed by atoms with Gasteiger partial charge in [0.05, 0.1) is 0 Å². The fourth-order valence-electron chi connectivity index (χ4n) is 8.19. The SMILES string of the molecule is CCCCc1ccc(-c2ccc(-c3nc(-c4ccccc4)nc(-c4cccc5oc6cc(-c7cccc8c7oc7ccc(CCCC)cc78)ccc6c45)n3)cc2)cc1. The maximum absolute atomic E-state index is 6.61. The zero-order chi connectivity index (χ0) is 39.0. The standard InChI is InChI=1S/C53H43N3O2/c1-3-5-12-34-20-23-36(24-21-34)37-25-27-39(28-26-37)52-54-51(38-14-8-7-9-15-38)55-53(56-52)44-18-11-19-47-49(44)43-30-29-40(33-48(43)57-47)41-16-10-17-42-45-32-35(13-6-4-2)22-31-46(45)58-50(41)42/h7-11,14-33H,3-6,12-13H2,1-2H3. The largest absolute Gasteiger partial charge is 0.456 e. The lowest BCUT2D eigenvalue weighted by molar-refractivity contribution is 0.668. The molecule has 0 saturated heterocycles. The number of rotatable bonds is 11. The van der Waals surface area contributed by atoms with E-state index in [1.165, 1.54) is 42.4 Å².